The Morgan fingerprint density at radius 2 is 2.19 bits per heavy atom. The maximum absolute atomic E-state index is 5.24. The first-order valence-electron chi connectivity index (χ1n) is 4.79. The van der Waals surface area contributed by atoms with E-state index in [1.54, 1.807) is 23.3 Å². The third kappa shape index (κ3) is 2.26. The molecule has 4 N–H and O–H groups in total. The van der Waals surface area contributed by atoms with Gasteiger partial charge in [-0.1, -0.05) is 0 Å². The summed E-state index contributed by atoms with van der Waals surface area (Å²) in [7, 11) is 1.89. The van der Waals surface area contributed by atoms with Gasteiger partial charge in [0, 0.05) is 13.2 Å². The fourth-order valence-electron chi connectivity index (χ4n) is 1.28. The van der Waals surface area contributed by atoms with Gasteiger partial charge in [0.1, 0.15) is 5.82 Å². The third-order valence-corrected chi connectivity index (χ3v) is 2.16. The summed E-state index contributed by atoms with van der Waals surface area (Å²) in [6.07, 6.45) is 4.94. The van der Waals surface area contributed by atoms with E-state index in [1.807, 2.05) is 13.1 Å². The summed E-state index contributed by atoms with van der Waals surface area (Å²) < 4.78 is 1.80. The molecule has 0 aromatic carbocycles. The average Bonchev–Trinajstić information content (AvgIpc) is 2.72. The van der Waals surface area contributed by atoms with E-state index in [4.69, 9.17) is 5.84 Å². The van der Waals surface area contributed by atoms with Crippen LogP contribution >= 0.6 is 0 Å². The van der Waals surface area contributed by atoms with Crippen LogP contribution in [-0.2, 0) is 13.6 Å². The van der Waals surface area contributed by atoms with E-state index in [9.17, 15) is 0 Å². The van der Waals surface area contributed by atoms with Crippen LogP contribution in [0.2, 0.25) is 0 Å². The van der Waals surface area contributed by atoms with Crippen molar-refractivity contribution in [2.24, 2.45) is 12.9 Å². The molecule has 2 aromatic rings. The molecule has 0 radical (unpaired) electrons. The summed E-state index contributed by atoms with van der Waals surface area (Å²) in [5.74, 6) is 6.43. The number of nitrogens with one attached hydrogen (secondary N) is 2. The molecule has 84 valence electrons. The second-order valence-corrected chi connectivity index (χ2v) is 3.23. The molecule has 2 aromatic heterocycles. The lowest BCUT2D eigenvalue weighted by Gasteiger charge is -2.06. The number of nitrogen functional groups attached to an aromatic ring is 1. The van der Waals surface area contributed by atoms with Crippen molar-refractivity contribution in [3.63, 3.8) is 0 Å². The zero-order valence-corrected chi connectivity index (χ0v) is 8.88. The molecule has 0 fully saturated rings. The van der Waals surface area contributed by atoms with Crippen LogP contribution in [0.5, 0.6) is 0 Å². The summed E-state index contributed by atoms with van der Waals surface area (Å²) in [6, 6.07) is 1.94. The summed E-state index contributed by atoms with van der Waals surface area (Å²) >= 11 is 0. The predicted octanol–water partition coefficient (Wildman–Crippen LogP) is 0.108. The highest BCUT2D eigenvalue weighted by atomic mass is 15.3. The van der Waals surface area contributed by atoms with Crippen molar-refractivity contribution in [3.8, 4) is 0 Å². The highest BCUT2D eigenvalue weighted by Gasteiger charge is 2.00. The summed E-state index contributed by atoms with van der Waals surface area (Å²) in [4.78, 5) is 8.17. The minimum Gasteiger partial charge on any atom is -0.363 e. The van der Waals surface area contributed by atoms with Crippen molar-refractivity contribution >= 4 is 11.6 Å². The normalized spacial score (nSPS) is 10.1. The lowest BCUT2D eigenvalue weighted by Crippen LogP contribution is -2.11. The number of anilines is 2. The first kappa shape index (κ1) is 10.4. The van der Waals surface area contributed by atoms with Gasteiger partial charge in [-0.3, -0.25) is 9.67 Å². The van der Waals surface area contributed by atoms with Crippen LogP contribution in [0, 0.1) is 0 Å². The molecule has 0 saturated heterocycles. The second kappa shape index (κ2) is 4.58. The molecule has 2 rings (SSSR count). The first-order chi connectivity index (χ1) is 7.79. The highest BCUT2D eigenvalue weighted by Crippen LogP contribution is 2.07. The second-order valence-electron chi connectivity index (χ2n) is 3.23. The monoisotopic (exact) mass is 219 g/mol. The number of rotatable bonds is 4. The molecular weight excluding hydrogens is 206 g/mol. The predicted molar refractivity (Wildman–Crippen MR) is 60.4 cm³/mol. The smallest absolute Gasteiger partial charge is 0.160 e. The molecule has 0 amide bonds. The Kier molecular flexibility index (Phi) is 2.97. The highest BCUT2D eigenvalue weighted by molar-refractivity contribution is 5.40. The molecule has 0 saturated carbocycles. The van der Waals surface area contributed by atoms with Gasteiger partial charge in [-0.25, -0.2) is 10.8 Å². The van der Waals surface area contributed by atoms with E-state index in [-0.39, 0.29) is 0 Å². The fraction of sp³-hybridized carbons (Fsp3) is 0.222. The van der Waals surface area contributed by atoms with Crippen LogP contribution in [0.3, 0.4) is 0 Å². The first-order valence-corrected chi connectivity index (χ1v) is 4.79. The van der Waals surface area contributed by atoms with Gasteiger partial charge in [0.05, 0.1) is 24.6 Å². The molecule has 0 aliphatic rings. The number of hydrogen-bond donors (Lipinski definition) is 3. The molecule has 2 heterocycles. The molecule has 0 bridgehead atoms. The Hall–Kier alpha value is -2.15. The van der Waals surface area contributed by atoms with Crippen molar-refractivity contribution in [1.82, 2.24) is 19.7 Å². The molecule has 7 nitrogen and oxygen atoms in total. The topological polar surface area (TPSA) is 93.7 Å². The minimum absolute atomic E-state index is 0.523. The maximum Gasteiger partial charge on any atom is 0.160 e. The van der Waals surface area contributed by atoms with E-state index in [1.165, 1.54) is 0 Å². The molecule has 16 heavy (non-hydrogen) atoms. The summed E-state index contributed by atoms with van der Waals surface area (Å²) in [6.45, 7) is 0.638. The van der Waals surface area contributed by atoms with Crippen molar-refractivity contribution in [1.29, 1.82) is 0 Å². The van der Waals surface area contributed by atoms with Crippen molar-refractivity contribution in [2.75, 3.05) is 10.7 Å². The molecule has 0 atom stereocenters. The molecule has 0 aliphatic carbocycles. The van der Waals surface area contributed by atoms with E-state index in [2.05, 4.69) is 25.8 Å². The number of hydrogen-bond acceptors (Lipinski definition) is 6. The number of aromatic nitrogens is 4. The Bertz CT molecular complexity index is 464. The Morgan fingerprint density at radius 3 is 2.88 bits per heavy atom. The van der Waals surface area contributed by atoms with Gasteiger partial charge in [-0.2, -0.15) is 5.10 Å². The van der Waals surface area contributed by atoms with Gasteiger partial charge in [-0.15, -0.1) is 0 Å². The summed E-state index contributed by atoms with van der Waals surface area (Å²) in [5, 5.41) is 7.20. The Balaban J connectivity index is 2.02. The zero-order chi connectivity index (χ0) is 11.4. The van der Waals surface area contributed by atoms with E-state index in [0.717, 1.165) is 5.69 Å². The Morgan fingerprint density at radius 1 is 1.38 bits per heavy atom. The van der Waals surface area contributed by atoms with E-state index < -0.39 is 0 Å². The number of hydrazine groups is 1. The lowest BCUT2D eigenvalue weighted by molar-refractivity contribution is 0.720. The largest absolute Gasteiger partial charge is 0.363 e. The molecular formula is C9H13N7. The standard InChI is InChI=1S/C9H13N7/c1-16-7(2-3-13-16)4-12-8-5-11-6-9(14-8)15-10/h2-3,5-6H,4,10H2,1H3,(H2,12,14,15). The third-order valence-electron chi connectivity index (χ3n) is 2.16. The zero-order valence-electron chi connectivity index (χ0n) is 8.88. The van der Waals surface area contributed by atoms with Crippen molar-refractivity contribution < 1.29 is 0 Å². The maximum atomic E-state index is 5.24. The van der Waals surface area contributed by atoms with E-state index >= 15 is 0 Å². The Labute approximate surface area is 92.7 Å². The van der Waals surface area contributed by atoms with Crippen molar-refractivity contribution in [3.05, 3.63) is 30.4 Å². The lowest BCUT2D eigenvalue weighted by atomic mass is 10.4. The minimum atomic E-state index is 0.523. The molecule has 0 unspecified atom stereocenters. The van der Waals surface area contributed by atoms with Gasteiger partial charge in [0.15, 0.2) is 5.82 Å². The van der Waals surface area contributed by atoms with Gasteiger partial charge >= 0.3 is 0 Å². The van der Waals surface area contributed by atoms with Gasteiger partial charge < -0.3 is 10.7 Å². The average molecular weight is 219 g/mol. The fourth-order valence-corrected chi connectivity index (χ4v) is 1.28. The number of nitrogens with zero attached hydrogens (tertiary/aromatic N) is 4. The van der Waals surface area contributed by atoms with Crippen LogP contribution in [-0.4, -0.2) is 19.7 Å². The number of nitrogens with two attached hydrogens (primary N) is 1. The molecule has 7 heteroatoms. The van der Waals surface area contributed by atoms with Crippen LogP contribution in [0.1, 0.15) is 5.69 Å². The van der Waals surface area contributed by atoms with Crippen LogP contribution in [0.25, 0.3) is 0 Å². The van der Waals surface area contributed by atoms with Crippen LogP contribution in [0.4, 0.5) is 11.6 Å². The van der Waals surface area contributed by atoms with Gasteiger partial charge in [0.2, 0.25) is 0 Å². The molecule has 0 aliphatic heterocycles. The van der Waals surface area contributed by atoms with Crippen molar-refractivity contribution in [2.45, 2.75) is 6.54 Å². The quantitative estimate of drug-likeness (QED) is 0.499. The van der Waals surface area contributed by atoms with Gasteiger partial charge in [-0.05, 0) is 6.07 Å². The van der Waals surface area contributed by atoms with Crippen LogP contribution < -0.4 is 16.6 Å². The SMILES string of the molecule is Cn1nccc1CNc1cncc(NN)n1. The number of aryl methyl sites for hydroxylation is 1. The van der Waals surface area contributed by atoms with Crippen LogP contribution in [0.15, 0.2) is 24.7 Å². The summed E-state index contributed by atoms with van der Waals surface area (Å²) in [5.41, 5.74) is 3.50. The van der Waals surface area contributed by atoms with E-state index in [0.29, 0.717) is 18.2 Å². The van der Waals surface area contributed by atoms with Gasteiger partial charge in [0.25, 0.3) is 0 Å². The molecule has 0 spiro atoms.